The molecule has 17 heavy (non-hydrogen) atoms. The minimum absolute atomic E-state index is 0.400. The standard InChI is InChI=1S/C14H20INO/c1-11(12-5-7-13(15)8-6-12)16-10-14-4-2-3-9-17-14/h5-8,11,14,16H,2-4,9-10H2,1H3. The van der Waals surface area contributed by atoms with Crippen LogP contribution in [0.4, 0.5) is 0 Å². The van der Waals surface area contributed by atoms with Crippen LogP contribution >= 0.6 is 22.6 Å². The van der Waals surface area contributed by atoms with E-state index in [9.17, 15) is 0 Å². The third-order valence-corrected chi connectivity index (χ3v) is 4.01. The van der Waals surface area contributed by atoms with Crippen LogP contribution in [-0.2, 0) is 4.74 Å². The Morgan fingerprint density at radius 1 is 1.35 bits per heavy atom. The maximum Gasteiger partial charge on any atom is 0.0699 e. The Morgan fingerprint density at radius 2 is 2.12 bits per heavy atom. The molecule has 1 saturated heterocycles. The number of nitrogens with one attached hydrogen (secondary N) is 1. The van der Waals surface area contributed by atoms with E-state index in [2.05, 4.69) is 59.1 Å². The van der Waals surface area contributed by atoms with Gasteiger partial charge < -0.3 is 10.1 Å². The minimum atomic E-state index is 0.400. The molecule has 0 bridgehead atoms. The normalized spacial score (nSPS) is 22.4. The van der Waals surface area contributed by atoms with Crippen molar-refractivity contribution in [2.24, 2.45) is 0 Å². The van der Waals surface area contributed by atoms with E-state index in [0.717, 1.165) is 13.2 Å². The summed E-state index contributed by atoms with van der Waals surface area (Å²) in [5.41, 5.74) is 1.35. The molecule has 0 aliphatic carbocycles. The first-order chi connectivity index (χ1) is 8.25. The van der Waals surface area contributed by atoms with Gasteiger partial charge in [-0.1, -0.05) is 12.1 Å². The predicted octanol–water partition coefficient (Wildman–Crippen LogP) is 3.51. The molecular weight excluding hydrogens is 325 g/mol. The Labute approximate surface area is 117 Å². The third kappa shape index (κ3) is 4.23. The first-order valence-electron chi connectivity index (χ1n) is 6.36. The van der Waals surface area contributed by atoms with Crippen LogP contribution < -0.4 is 5.32 Å². The van der Waals surface area contributed by atoms with E-state index in [1.54, 1.807) is 0 Å². The van der Waals surface area contributed by atoms with Gasteiger partial charge in [-0.2, -0.15) is 0 Å². The average Bonchev–Trinajstić information content (AvgIpc) is 2.38. The van der Waals surface area contributed by atoms with Crippen LogP contribution in [0.5, 0.6) is 0 Å². The quantitative estimate of drug-likeness (QED) is 0.844. The third-order valence-electron chi connectivity index (χ3n) is 3.30. The van der Waals surface area contributed by atoms with Crippen LogP contribution in [0, 0.1) is 3.57 Å². The van der Waals surface area contributed by atoms with Gasteiger partial charge in [0.05, 0.1) is 6.10 Å². The zero-order valence-electron chi connectivity index (χ0n) is 10.3. The smallest absolute Gasteiger partial charge is 0.0699 e. The highest BCUT2D eigenvalue weighted by Crippen LogP contribution is 2.16. The van der Waals surface area contributed by atoms with E-state index >= 15 is 0 Å². The Hall–Kier alpha value is -0.130. The van der Waals surface area contributed by atoms with E-state index in [4.69, 9.17) is 4.74 Å². The summed E-state index contributed by atoms with van der Waals surface area (Å²) in [5.74, 6) is 0. The molecule has 1 fully saturated rings. The Kier molecular flexibility index (Phi) is 5.25. The minimum Gasteiger partial charge on any atom is -0.377 e. The summed E-state index contributed by atoms with van der Waals surface area (Å²) in [6, 6.07) is 9.11. The van der Waals surface area contributed by atoms with Crippen molar-refractivity contribution in [1.82, 2.24) is 5.32 Å². The second kappa shape index (κ2) is 6.71. The Balaban J connectivity index is 1.80. The highest BCUT2D eigenvalue weighted by Gasteiger charge is 2.14. The summed E-state index contributed by atoms with van der Waals surface area (Å²) in [6.45, 7) is 4.11. The van der Waals surface area contributed by atoms with Gasteiger partial charge in [-0.3, -0.25) is 0 Å². The number of halogens is 1. The van der Waals surface area contributed by atoms with E-state index in [0.29, 0.717) is 12.1 Å². The number of hydrogen-bond donors (Lipinski definition) is 1. The lowest BCUT2D eigenvalue weighted by molar-refractivity contribution is 0.0156. The van der Waals surface area contributed by atoms with Crippen LogP contribution in [0.25, 0.3) is 0 Å². The Morgan fingerprint density at radius 3 is 2.76 bits per heavy atom. The molecule has 1 aliphatic rings. The molecule has 1 aromatic carbocycles. The summed E-state index contributed by atoms with van der Waals surface area (Å²) in [4.78, 5) is 0. The van der Waals surface area contributed by atoms with Crippen LogP contribution in [0.15, 0.2) is 24.3 Å². The van der Waals surface area contributed by atoms with Crippen molar-refractivity contribution in [3.05, 3.63) is 33.4 Å². The van der Waals surface area contributed by atoms with Gasteiger partial charge in [-0.05, 0) is 66.5 Å². The Bertz CT molecular complexity index is 333. The summed E-state index contributed by atoms with van der Waals surface area (Å²) >= 11 is 2.34. The zero-order chi connectivity index (χ0) is 12.1. The molecule has 1 aliphatic heterocycles. The van der Waals surface area contributed by atoms with Crippen molar-refractivity contribution in [1.29, 1.82) is 0 Å². The summed E-state index contributed by atoms with van der Waals surface area (Å²) in [5, 5.41) is 3.56. The zero-order valence-corrected chi connectivity index (χ0v) is 12.4. The molecular formula is C14H20INO. The van der Waals surface area contributed by atoms with Crippen molar-refractivity contribution in [3.8, 4) is 0 Å². The maximum atomic E-state index is 5.72. The fourth-order valence-electron chi connectivity index (χ4n) is 2.15. The van der Waals surface area contributed by atoms with Gasteiger partial charge in [0.25, 0.3) is 0 Å². The van der Waals surface area contributed by atoms with Crippen molar-refractivity contribution < 1.29 is 4.74 Å². The van der Waals surface area contributed by atoms with Crippen molar-refractivity contribution in [3.63, 3.8) is 0 Å². The summed E-state index contributed by atoms with van der Waals surface area (Å²) < 4.78 is 7.01. The number of benzene rings is 1. The molecule has 94 valence electrons. The molecule has 0 radical (unpaired) electrons. The van der Waals surface area contributed by atoms with E-state index in [1.807, 2.05) is 0 Å². The molecule has 2 unspecified atom stereocenters. The molecule has 0 spiro atoms. The van der Waals surface area contributed by atoms with Crippen LogP contribution in [-0.4, -0.2) is 19.3 Å². The van der Waals surface area contributed by atoms with Crippen molar-refractivity contribution in [2.75, 3.05) is 13.2 Å². The molecule has 0 aromatic heterocycles. The van der Waals surface area contributed by atoms with Gasteiger partial charge in [-0.25, -0.2) is 0 Å². The first kappa shape index (κ1) is 13.3. The second-order valence-electron chi connectivity index (χ2n) is 4.67. The molecule has 2 rings (SSSR count). The van der Waals surface area contributed by atoms with E-state index < -0.39 is 0 Å². The SMILES string of the molecule is CC(NCC1CCCCO1)c1ccc(I)cc1. The average molecular weight is 345 g/mol. The molecule has 3 heteroatoms. The monoisotopic (exact) mass is 345 g/mol. The fourth-order valence-corrected chi connectivity index (χ4v) is 2.51. The fraction of sp³-hybridized carbons (Fsp3) is 0.571. The summed E-state index contributed by atoms with van der Waals surface area (Å²) in [7, 11) is 0. The number of rotatable bonds is 4. The lowest BCUT2D eigenvalue weighted by Gasteiger charge is -2.24. The number of hydrogen-bond acceptors (Lipinski definition) is 2. The first-order valence-corrected chi connectivity index (χ1v) is 7.44. The largest absolute Gasteiger partial charge is 0.377 e. The highest BCUT2D eigenvalue weighted by atomic mass is 127. The maximum absolute atomic E-state index is 5.72. The van der Waals surface area contributed by atoms with E-state index in [-0.39, 0.29) is 0 Å². The van der Waals surface area contributed by atoms with Crippen LogP contribution in [0.2, 0.25) is 0 Å². The molecule has 1 N–H and O–H groups in total. The van der Waals surface area contributed by atoms with Gasteiger partial charge in [0.1, 0.15) is 0 Å². The van der Waals surface area contributed by atoms with Crippen LogP contribution in [0.3, 0.4) is 0 Å². The number of ether oxygens (including phenoxy) is 1. The molecule has 1 aromatic rings. The molecule has 2 nitrogen and oxygen atoms in total. The lowest BCUT2D eigenvalue weighted by atomic mass is 10.1. The predicted molar refractivity (Wildman–Crippen MR) is 79.2 cm³/mol. The van der Waals surface area contributed by atoms with Crippen molar-refractivity contribution in [2.45, 2.75) is 38.3 Å². The van der Waals surface area contributed by atoms with Gasteiger partial charge >= 0.3 is 0 Å². The van der Waals surface area contributed by atoms with Gasteiger partial charge in [-0.15, -0.1) is 0 Å². The van der Waals surface area contributed by atoms with Crippen molar-refractivity contribution >= 4 is 22.6 Å². The van der Waals surface area contributed by atoms with Gasteiger partial charge in [0.2, 0.25) is 0 Å². The van der Waals surface area contributed by atoms with Gasteiger partial charge in [0, 0.05) is 22.8 Å². The van der Waals surface area contributed by atoms with Gasteiger partial charge in [0.15, 0.2) is 0 Å². The summed E-state index contributed by atoms with van der Waals surface area (Å²) in [6.07, 6.45) is 4.15. The second-order valence-corrected chi connectivity index (χ2v) is 5.92. The molecule has 1 heterocycles. The highest BCUT2D eigenvalue weighted by molar-refractivity contribution is 14.1. The topological polar surface area (TPSA) is 21.3 Å². The molecule has 2 atom stereocenters. The molecule has 0 amide bonds. The molecule has 0 saturated carbocycles. The van der Waals surface area contributed by atoms with E-state index in [1.165, 1.54) is 28.4 Å². The lowest BCUT2D eigenvalue weighted by Crippen LogP contribution is -2.33. The van der Waals surface area contributed by atoms with Crippen LogP contribution in [0.1, 0.15) is 37.8 Å².